The number of anilines is 1. The number of rotatable bonds is 5. The Kier molecular flexibility index (Phi) is 4.81. The Balaban J connectivity index is 1.74. The molecule has 0 spiro atoms. The van der Waals surface area contributed by atoms with Gasteiger partial charge in [0.15, 0.2) is 11.6 Å². The number of carbonyl (C=O) groups is 1. The van der Waals surface area contributed by atoms with E-state index < -0.39 is 0 Å². The van der Waals surface area contributed by atoms with E-state index >= 15 is 0 Å². The van der Waals surface area contributed by atoms with E-state index in [-0.39, 0.29) is 5.91 Å². The third kappa shape index (κ3) is 3.76. The predicted octanol–water partition coefficient (Wildman–Crippen LogP) is 3.62. The molecule has 0 radical (unpaired) electrons. The molecule has 5 heteroatoms. The fourth-order valence-corrected chi connectivity index (χ4v) is 2.21. The number of hydrogen-bond donors (Lipinski definition) is 1. The minimum absolute atomic E-state index is 0.253. The van der Waals surface area contributed by atoms with Gasteiger partial charge >= 0.3 is 0 Å². The van der Waals surface area contributed by atoms with Crippen molar-refractivity contribution in [2.24, 2.45) is 0 Å². The molecule has 1 amide bonds. The van der Waals surface area contributed by atoms with Gasteiger partial charge in [0.1, 0.15) is 6.61 Å². The van der Waals surface area contributed by atoms with Crippen molar-refractivity contribution in [3.63, 3.8) is 0 Å². The molecule has 1 aromatic carbocycles. The molecule has 3 rings (SSSR count). The third-order valence-corrected chi connectivity index (χ3v) is 3.59. The van der Waals surface area contributed by atoms with E-state index in [1.54, 1.807) is 42.9 Å². The zero-order chi connectivity index (χ0) is 16.8. The van der Waals surface area contributed by atoms with Crippen LogP contribution in [0.1, 0.15) is 21.5 Å². The molecule has 0 bridgehead atoms. The van der Waals surface area contributed by atoms with E-state index in [0.29, 0.717) is 23.7 Å². The topological polar surface area (TPSA) is 64.1 Å². The number of nitrogens with one attached hydrogen (secondary N) is 1. The first-order valence-electron chi connectivity index (χ1n) is 7.58. The molecule has 0 saturated carbocycles. The van der Waals surface area contributed by atoms with Crippen LogP contribution >= 0.6 is 0 Å². The largest absolute Gasteiger partial charge is 0.485 e. The highest BCUT2D eigenvalue weighted by atomic mass is 16.5. The van der Waals surface area contributed by atoms with Crippen molar-refractivity contribution in [1.29, 1.82) is 0 Å². The van der Waals surface area contributed by atoms with Crippen molar-refractivity contribution in [2.45, 2.75) is 13.5 Å². The standard InChI is InChI=1S/C19H17N3O2/c1-14-5-2-3-6-16(14)13-24-17-7-4-10-21-18(17)22-19(23)15-8-11-20-12-9-15/h2-12H,13H2,1H3,(H,21,22,23). The summed E-state index contributed by atoms with van der Waals surface area (Å²) < 4.78 is 5.85. The monoisotopic (exact) mass is 319 g/mol. The molecule has 0 unspecified atom stereocenters. The maximum Gasteiger partial charge on any atom is 0.257 e. The summed E-state index contributed by atoms with van der Waals surface area (Å²) in [5.74, 6) is 0.674. The SMILES string of the molecule is Cc1ccccc1COc1cccnc1NC(=O)c1ccncc1. The van der Waals surface area contributed by atoms with Crippen molar-refractivity contribution in [3.8, 4) is 5.75 Å². The van der Waals surface area contributed by atoms with Crippen molar-refractivity contribution < 1.29 is 9.53 Å². The predicted molar refractivity (Wildman–Crippen MR) is 91.9 cm³/mol. The van der Waals surface area contributed by atoms with Gasteiger partial charge < -0.3 is 10.1 Å². The smallest absolute Gasteiger partial charge is 0.257 e. The second-order valence-corrected chi connectivity index (χ2v) is 5.26. The fraction of sp³-hybridized carbons (Fsp3) is 0.105. The van der Waals surface area contributed by atoms with Gasteiger partial charge in [0.25, 0.3) is 5.91 Å². The van der Waals surface area contributed by atoms with Gasteiger partial charge in [0, 0.05) is 24.2 Å². The Hall–Kier alpha value is -3.21. The molecule has 2 heterocycles. The number of nitrogens with zero attached hydrogens (tertiary/aromatic N) is 2. The number of pyridine rings is 2. The van der Waals surface area contributed by atoms with Gasteiger partial charge in [-0.25, -0.2) is 4.98 Å². The third-order valence-electron chi connectivity index (χ3n) is 3.59. The highest BCUT2D eigenvalue weighted by molar-refractivity contribution is 6.04. The Bertz CT molecular complexity index is 835. The molecule has 0 saturated heterocycles. The molecular weight excluding hydrogens is 302 g/mol. The molecule has 0 aliphatic rings. The van der Waals surface area contributed by atoms with Crippen LogP contribution in [0.4, 0.5) is 5.82 Å². The van der Waals surface area contributed by atoms with Gasteiger partial charge in [0.2, 0.25) is 0 Å². The van der Waals surface area contributed by atoms with Crippen LogP contribution < -0.4 is 10.1 Å². The summed E-state index contributed by atoms with van der Waals surface area (Å²) in [6.07, 6.45) is 4.76. The van der Waals surface area contributed by atoms with Gasteiger partial charge in [-0.15, -0.1) is 0 Å². The number of amides is 1. The van der Waals surface area contributed by atoms with Crippen LogP contribution in [0, 0.1) is 6.92 Å². The van der Waals surface area contributed by atoms with Crippen molar-refractivity contribution in [3.05, 3.63) is 83.8 Å². The number of aromatic nitrogens is 2. The van der Waals surface area contributed by atoms with Crippen molar-refractivity contribution in [2.75, 3.05) is 5.32 Å². The highest BCUT2D eigenvalue weighted by Crippen LogP contribution is 2.23. The van der Waals surface area contributed by atoms with Gasteiger partial charge in [-0.3, -0.25) is 9.78 Å². The Labute approximate surface area is 140 Å². The Morgan fingerprint density at radius 2 is 1.83 bits per heavy atom. The van der Waals surface area contributed by atoms with E-state index in [1.807, 2.05) is 31.2 Å². The van der Waals surface area contributed by atoms with Crippen LogP contribution in [0.15, 0.2) is 67.1 Å². The maximum absolute atomic E-state index is 12.3. The Morgan fingerprint density at radius 1 is 1.04 bits per heavy atom. The Morgan fingerprint density at radius 3 is 2.62 bits per heavy atom. The zero-order valence-corrected chi connectivity index (χ0v) is 13.3. The van der Waals surface area contributed by atoms with E-state index in [0.717, 1.165) is 11.1 Å². The van der Waals surface area contributed by atoms with Crippen LogP contribution in [0.3, 0.4) is 0 Å². The molecule has 120 valence electrons. The highest BCUT2D eigenvalue weighted by Gasteiger charge is 2.11. The lowest BCUT2D eigenvalue weighted by Gasteiger charge is -2.12. The van der Waals surface area contributed by atoms with Gasteiger partial charge in [-0.05, 0) is 42.3 Å². The molecule has 0 fully saturated rings. The van der Waals surface area contributed by atoms with Crippen molar-refractivity contribution in [1.82, 2.24) is 9.97 Å². The first-order chi connectivity index (χ1) is 11.7. The average molecular weight is 319 g/mol. The molecule has 5 nitrogen and oxygen atoms in total. The van der Waals surface area contributed by atoms with Gasteiger partial charge in [0.05, 0.1) is 0 Å². The second-order valence-electron chi connectivity index (χ2n) is 5.26. The van der Waals surface area contributed by atoms with E-state index in [1.165, 1.54) is 0 Å². The zero-order valence-electron chi connectivity index (χ0n) is 13.3. The van der Waals surface area contributed by atoms with Crippen LogP contribution in [0.5, 0.6) is 5.75 Å². The van der Waals surface area contributed by atoms with Crippen molar-refractivity contribution >= 4 is 11.7 Å². The number of hydrogen-bond acceptors (Lipinski definition) is 4. The number of ether oxygens (including phenoxy) is 1. The summed E-state index contributed by atoms with van der Waals surface area (Å²) in [6, 6.07) is 14.9. The van der Waals surface area contributed by atoms with Crippen LogP contribution in [0.2, 0.25) is 0 Å². The van der Waals surface area contributed by atoms with Gasteiger partial charge in [-0.2, -0.15) is 0 Å². The van der Waals surface area contributed by atoms with Crippen LogP contribution in [-0.4, -0.2) is 15.9 Å². The summed E-state index contributed by atoms with van der Waals surface area (Å²) in [5.41, 5.74) is 2.76. The normalized spacial score (nSPS) is 10.2. The molecule has 0 aliphatic heterocycles. The minimum atomic E-state index is -0.253. The lowest BCUT2D eigenvalue weighted by molar-refractivity contribution is 0.102. The van der Waals surface area contributed by atoms with Crippen LogP contribution in [0.25, 0.3) is 0 Å². The average Bonchev–Trinajstić information content (AvgIpc) is 2.63. The first kappa shape index (κ1) is 15.7. The molecule has 1 N–H and O–H groups in total. The summed E-state index contributed by atoms with van der Waals surface area (Å²) in [4.78, 5) is 20.4. The summed E-state index contributed by atoms with van der Waals surface area (Å²) in [6.45, 7) is 2.45. The lowest BCUT2D eigenvalue weighted by atomic mass is 10.1. The van der Waals surface area contributed by atoms with E-state index in [4.69, 9.17) is 4.74 Å². The molecule has 0 atom stereocenters. The second kappa shape index (κ2) is 7.37. The minimum Gasteiger partial charge on any atom is -0.485 e. The first-order valence-corrected chi connectivity index (χ1v) is 7.58. The number of aryl methyl sites for hydroxylation is 1. The molecule has 24 heavy (non-hydrogen) atoms. The summed E-state index contributed by atoms with van der Waals surface area (Å²) in [7, 11) is 0. The molecule has 3 aromatic rings. The van der Waals surface area contributed by atoms with E-state index in [9.17, 15) is 4.79 Å². The quantitative estimate of drug-likeness (QED) is 0.780. The fourth-order valence-electron chi connectivity index (χ4n) is 2.21. The molecule has 0 aliphatic carbocycles. The maximum atomic E-state index is 12.3. The summed E-state index contributed by atoms with van der Waals surface area (Å²) >= 11 is 0. The molecular formula is C19H17N3O2. The number of benzene rings is 1. The lowest BCUT2D eigenvalue weighted by Crippen LogP contribution is -2.14. The van der Waals surface area contributed by atoms with Crippen LogP contribution in [-0.2, 0) is 6.61 Å². The summed E-state index contributed by atoms with van der Waals surface area (Å²) in [5, 5.41) is 2.77. The number of carbonyl (C=O) groups excluding carboxylic acids is 1. The van der Waals surface area contributed by atoms with E-state index in [2.05, 4.69) is 15.3 Å². The van der Waals surface area contributed by atoms with Gasteiger partial charge in [-0.1, -0.05) is 24.3 Å². The molecule has 2 aromatic heterocycles.